The average Bonchev–Trinajstić information content (AvgIpc) is 3.02. The van der Waals surface area contributed by atoms with Gasteiger partial charge in [-0.3, -0.25) is 4.79 Å². The monoisotopic (exact) mass is 397 g/mol. The summed E-state index contributed by atoms with van der Waals surface area (Å²) in [5.41, 5.74) is 7.19. The van der Waals surface area contributed by atoms with Gasteiger partial charge in [-0.05, 0) is 42.3 Å². The second kappa shape index (κ2) is 6.97. The summed E-state index contributed by atoms with van der Waals surface area (Å²) < 4.78 is 14.7. The van der Waals surface area contributed by atoms with E-state index < -0.39 is 11.9 Å². The van der Waals surface area contributed by atoms with Gasteiger partial charge in [0.1, 0.15) is 11.9 Å². The molecule has 0 aromatic heterocycles. The van der Waals surface area contributed by atoms with Crippen LogP contribution in [0.25, 0.3) is 0 Å². The lowest BCUT2D eigenvalue weighted by Gasteiger charge is -2.11. The topological polar surface area (TPSA) is 53.2 Å². The molecule has 3 N–H and O–H groups in total. The SMILES string of the molecule is O=C(Nc1cc(Cl)ccc1F)C1CC(c2ccc(Br)cc2)NN1. The minimum absolute atomic E-state index is 0.0167. The number of carbonyl (C=O) groups is 1. The number of halogens is 3. The van der Waals surface area contributed by atoms with Gasteiger partial charge in [0.25, 0.3) is 0 Å². The Kier molecular flexibility index (Phi) is 4.96. The molecule has 7 heteroatoms. The summed E-state index contributed by atoms with van der Waals surface area (Å²) in [6, 6.07) is 11.5. The van der Waals surface area contributed by atoms with Gasteiger partial charge in [-0.1, -0.05) is 39.7 Å². The molecule has 1 aliphatic rings. The zero-order valence-corrected chi connectivity index (χ0v) is 14.3. The molecule has 1 aliphatic heterocycles. The third-order valence-electron chi connectivity index (χ3n) is 3.68. The highest BCUT2D eigenvalue weighted by Crippen LogP contribution is 2.25. The van der Waals surface area contributed by atoms with Crippen LogP contribution in [0.5, 0.6) is 0 Å². The van der Waals surface area contributed by atoms with Crippen LogP contribution in [-0.4, -0.2) is 11.9 Å². The number of carbonyl (C=O) groups excluding carboxylic acids is 1. The third-order valence-corrected chi connectivity index (χ3v) is 4.44. The van der Waals surface area contributed by atoms with E-state index in [4.69, 9.17) is 11.6 Å². The van der Waals surface area contributed by atoms with Gasteiger partial charge in [0.2, 0.25) is 5.91 Å². The normalized spacial score (nSPS) is 20.5. The van der Waals surface area contributed by atoms with Gasteiger partial charge in [-0.2, -0.15) is 0 Å². The molecule has 4 nitrogen and oxygen atoms in total. The number of hydrazine groups is 1. The molecular formula is C16H14BrClFN3O. The molecule has 1 fully saturated rings. The molecule has 2 atom stereocenters. The standard InChI is InChI=1S/C16H14BrClFN3O/c17-10-3-1-9(2-4-10)13-8-15(22-21-13)16(23)20-14-7-11(18)5-6-12(14)19/h1-7,13,15,21-22H,8H2,(H,20,23). The van der Waals surface area contributed by atoms with E-state index in [2.05, 4.69) is 32.1 Å². The van der Waals surface area contributed by atoms with E-state index in [1.165, 1.54) is 18.2 Å². The Morgan fingerprint density at radius 1 is 1.22 bits per heavy atom. The molecule has 120 valence electrons. The zero-order chi connectivity index (χ0) is 16.4. The quantitative estimate of drug-likeness (QED) is 0.737. The molecule has 2 aromatic carbocycles. The van der Waals surface area contributed by atoms with E-state index in [0.717, 1.165) is 10.0 Å². The Morgan fingerprint density at radius 2 is 1.96 bits per heavy atom. The predicted molar refractivity (Wildman–Crippen MR) is 91.6 cm³/mol. The maximum atomic E-state index is 13.7. The highest BCUT2D eigenvalue weighted by Gasteiger charge is 2.30. The molecule has 23 heavy (non-hydrogen) atoms. The highest BCUT2D eigenvalue weighted by atomic mass is 79.9. The number of rotatable bonds is 3. The summed E-state index contributed by atoms with van der Waals surface area (Å²) in [6.07, 6.45) is 0.565. The number of hydrogen-bond acceptors (Lipinski definition) is 3. The van der Waals surface area contributed by atoms with Crippen LogP contribution in [0, 0.1) is 5.82 Å². The van der Waals surface area contributed by atoms with Crippen LogP contribution in [0.2, 0.25) is 5.02 Å². The first-order valence-corrected chi connectivity index (χ1v) is 8.22. The molecule has 0 saturated carbocycles. The van der Waals surface area contributed by atoms with Gasteiger partial charge >= 0.3 is 0 Å². The largest absolute Gasteiger partial charge is 0.322 e. The second-order valence-corrected chi connectivity index (χ2v) is 6.65. The fourth-order valence-electron chi connectivity index (χ4n) is 2.45. The summed E-state index contributed by atoms with van der Waals surface area (Å²) in [6.45, 7) is 0. The van der Waals surface area contributed by atoms with Crippen molar-refractivity contribution in [2.45, 2.75) is 18.5 Å². The van der Waals surface area contributed by atoms with Crippen molar-refractivity contribution in [2.75, 3.05) is 5.32 Å². The third kappa shape index (κ3) is 3.90. The lowest BCUT2D eigenvalue weighted by Crippen LogP contribution is -2.39. The molecule has 2 unspecified atom stereocenters. The van der Waals surface area contributed by atoms with E-state index in [-0.39, 0.29) is 17.6 Å². The molecule has 1 heterocycles. The van der Waals surface area contributed by atoms with Gasteiger partial charge in [-0.15, -0.1) is 0 Å². The van der Waals surface area contributed by atoms with Crippen molar-refractivity contribution < 1.29 is 9.18 Å². The van der Waals surface area contributed by atoms with Crippen LogP contribution in [0.4, 0.5) is 10.1 Å². The average molecular weight is 399 g/mol. The first-order chi connectivity index (χ1) is 11.0. The maximum absolute atomic E-state index is 13.7. The molecule has 0 aliphatic carbocycles. The summed E-state index contributed by atoms with van der Waals surface area (Å²) in [5.74, 6) is -0.823. The molecule has 1 saturated heterocycles. The molecule has 2 aromatic rings. The number of amides is 1. The second-order valence-electron chi connectivity index (χ2n) is 5.29. The Morgan fingerprint density at radius 3 is 2.70 bits per heavy atom. The van der Waals surface area contributed by atoms with E-state index >= 15 is 0 Å². The Balaban J connectivity index is 1.65. The first-order valence-electron chi connectivity index (χ1n) is 7.05. The first kappa shape index (κ1) is 16.4. The van der Waals surface area contributed by atoms with Crippen molar-refractivity contribution in [1.82, 2.24) is 10.9 Å². The summed E-state index contributed by atoms with van der Waals surface area (Å²) in [7, 11) is 0. The smallest absolute Gasteiger partial charge is 0.243 e. The summed E-state index contributed by atoms with van der Waals surface area (Å²) >= 11 is 9.22. The molecule has 0 radical (unpaired) electrons. The van der Waals surface area contributed by atoms with E-state index in [1.807, 2.05) is 24.3 Å². The summed E-state index contributed by atoms with van der Waals surface area (Å²) in [4.78, 5) is 12.3. The van der Waals surface area contributed by atoms with Crippen LogP contribution in [0.15, 0.2) is 46.9 Å². The Hall–Kier alpha value is -1.47. The van der Waals surface area contributed by atoms with Crippen LogP contribution < -0.4 is 16.2 Å². The number of hydrogen-bond donors (Lipinski definition) is 3. The van der Waals surface area contributed by atoms with Crippen molar-refractivity contribution >= 4 is 39.1 Å². The molecule has 1 amide bonds. The van der Waals surface area contributed by atoms with Crippen LogP contribution >= 0.6 is 27.5 Å². The number of nitrogens with one attached hydrogen (secondary N) is 3. The summed E-state index contributed by atoms with van der Waals surface area (Å²) in [5, 5.41) is 2.93. The zero-order valence-electron chi connectivity index (χ0n) is 11.9. The van der Waals surface area contributed by atoms with Crippen LogP contribution in [0.1, 0.15) is 18.0 Å². The molecule has 3 rings (SSSR count). The van der Waals surface area contributed by atoms with Crippen molar-refractivity contribution in [3.63, 3.8) is 0 Å². The van der Waals surface area contributed by atoms with Gasteiger partial charge in [0.15, 0.2) is 0 Å². The molecule has 0 spiro atoms. The van der Waals surface area contributed by atoms with Gasteiger partial charge in [0, 0.05) is 15.5 Å². The minimum atomic E-state index is -0.516. The number of benzene rings is 2. The van der Waals surface area contributed by atoms with Crippen LogP contribution in [-0.2, 0) is 4.79 Å². The fourth-order valence-corrected chi connectivity index (χ4v) is 2.89. The van der Waals surface area contributed by atoms with Gasteiger partial charge in [-0.25, -0.2) is 15.2 Å². The Bertz CT molecular complexity index is 726. The maximum Gasteiger partial charge on any atom is 0.243 e. The van der Waals surface area contributed by atoms with E-state index in [0.29, 0.717) is 11.4 Å². The highest BCUT2D eigenvalue weighted by molar-refractivity contribution is 9.10. The molecule has 0 bridgehead atoms. The van der Waals surface area contributed by atoms with E-state index in [9.17, 15) is 9.18 Å². The van der Waals surface area contributed by atoms with Crippen LogP contribution in [0.3, 0.4) is 0 Å². The Labute approximate surface area is 146 Å². The van der Waals surface area contributed by atoms with Gasteiger partial charge in [0.05, 0.1) is 5.69 Å². The van der Waals surface area contributed by atoms with Gasteiger partial charge < -0.3 is 5.32 Å². The lowest BCUT2D eigenvalue weighted by molar-refractivity contribution is -0.117. The predicted octanol–water partition coefficient (Wildman–Crippen LogP) is 3.79. The number of anilines is 1. The van der Waals surface area contributed by atoms with Crippen molar-refractivity contribution in [2.24, 2.45) is 0 Å². The minimum Gasteiger partial charge on any atom is -0.322 e. The lowest BCUT2D eigenvalue weighted by atomic mass is 10.0. The van der Waals surface area contributed by atoms with E-state index in [1.54, 1.807) is 0 Å². The van der Waals surface area contributed by atoms with Crippen molar-refractivity contribution in [3.05, 3.63) is 63.3 Å². The molecular weight excluding hydrogens is 385 g/mol. The van der Waals surface area contributed by atoms with Crippen molar-refractivity contribution in [1.29, 1.82) is 0 Å². The van der Waals surface area contributed by atoms with Crippen molar-refractivity contribution in [3.8, 4) is 0 Å². The fraction of sp³-hybridized carbons (Fsp3) is 0.188.